The maximum atomic E-state index is 11.1. The third-order valence-electron chi connectivity index (χ3n) is 1.64. The van der Waals surface area contributed by atoms with Crippen LogP contribution in [0.4, 0.5) is 0 Å². The molecule has 2 aromatic rings. The Labute approximate surface area is 83.3 Å². The summed E-state index contributed by atoms with van der Waals surface area (Å²) >= 11 is 0. The Kier molecular flexibility index (Phi) is 2.36. The van der Waals surface area contributed by atoms with Gasteiger partial charge in [-0.2, -0.15) is 0 Å². The Bertz CT molecular complexity index is 454. The van der Waals surface area contributed by atoms with E-state index in [9.17, 15) is 4.21 Å². The minimum atomic E-state index is -1.16. The zero-order valence-electron chi connectivity index (χ0n) is 7.49. The van der Waals surface area contributed by atoms with E-state index in [0.717, 1.165) is 0 Å². The lowest BCUT2D eigenvalue weighted by molar-refractivity contribution is 0.678. The predicted molar refractivity (Wildman–Crippen MR) is 51.5 cm³/mol. The molecule has 1 unspecified atom stereocenters. The number of hydrogen-bond donors (Lipinski definition) is 0. The molecule has 0 radical (unpaired) electrons. The highest BCUT2D eigenvalue weighted by molar-refractivity contribution is 7.84. The second-order valence-corrected chi connectivity index (χ2v) is 3.89. The Morgan fingerprint density at radius 3 is 2.93 bits per heavy atom. The summed E-state index contributed by atoms with van der Waals surface area (Å²) in [5.41, 5.74) is 0. The lowest BCUT2D eigenvalue weighted by atomic mass is 10.6. The quantitative estimate of drug-likeness (QED) is 0.670. The fourth-order valence-corrected chi connectivity index (χ4v) is 1.44. The summed E-state index contributed by atoms with van der Waals surface area (Å²) in [6.45, 7) is 0. The van der Waals surface area contributed by atoms with E-state index in [0.29, 0.717) is 11.0 Å². The first-order valence-corrected chi connectivity index (χ1v) is 5.48. The molecule has 0 aromatic carbocycles. The van der Waals surface area contributed by atoms with Crippen LogP contribution < -0.4 is 0 Å². The van der Waals surface area contributed by atoms with Crippen LogP contribution in [-0.2, 0) is 10.8 Å². The first-order chi connectivity index (χ1) is 6.77. The molecule has 2 heterocycles. The highest BCUT2D eigenvalue weighted by Crippen LogP contribution is 2.04. The molecule has 0 saturated carbocycles. The topological polar surface area (TPSA) is 60.7 Å². The number of rotatable bonds is 2. The van der Waals surface area contributed by atoms with Crippen LogP contribution >= 0.6 is 0 Å². The van der Waals surface area contributed by atoms with Crippen molar-refractivity contribution in [2.75, 3.05) is 6.26 Å². The van der Waals surface area contributed by atoms with Gasteiger partial charge in [0.15, 0.2) is 0 Å². The monoisotopic (exact) mass is 208 g/mol. The molecule has 0 saturated heterocycles. The van der Waals surface area contributed by atoms with Gasteiger partial charge in [0.25, 0.3) is 0 Å². The summed E-state index contributed by atoms with van der Waals surface area (Å²) in [5, 5.41) is 0.330. The summed E-state index contributed by atoms with van der Waals surface area (Å²) in [4.78, 5) is 11.9. The summed E-state index contributed by atoms with van der Waals surface area (Å²) in [6.07, 6.45) is 8.19. The summed E-state index contributed by atoms with van der Waals surface area (Å²) in [6, 6.07) is 1.73. The molecule has 6 heteroatoms. The van der Waals surface area contributed by atoms with Gasteiger partial charge in [0, 0.05) is 24.8 Å². The van der Waals surface area contributed by atoms with E-state index in [1.807, 2.05) is 0 Å². The SMILES string of the molecule is CS(=O)c1nccc(-n2ccnc2)n1. The first-order valence-electron chi connectivity index (χ1n) is 3.92. The fraction of sp³-hybridized carbons (Fsp3) is 0.125. The van der Waals surface area contributed by atoms with Gasteiger partial charge < -0.3 is 0 Å². The number of imidazole rings is 1. The average molecular weight is 208 g/mol. The molecule has 0 aliphatic carbocycles. The van der Waals surface area contributed by atoms with E-state index < -0.39 is 10.8 Å². The molecular formula is C8H8N4OS. The first kappa shape index (κ1) is 9.01. The lowest BCUT2D eigenvalue weighted by Crippen LogP contribution is -2.01. The Morgan fingerprint density at radius 2 is 2.29 bits per heavy atom. The highest BCUT2D eigenvalue weighted by Gasteiger charge is 2.03. The van der Waals surface area contributed by atoms with Gasteiger partial charge in [-0.3, -0.25) is 8.78 Å². The van der Waals surface area contributed by atoms with Crippen LogP contribution in [0.1, 0.15) is 0 Å². The van der Waals surface area contributed by atoms with Crippen LogP contribution in [0.15, 0.2) is 36.1 Å². The van der Waals surface area contributed by atoms with Crippen molar-refractivity contribution in [2.24, 2.45) is 0 Å². The largest absolute Gasteiger partial charge is 0.290 e. The van der Waals surface area contributed by atoms with Crippen molar-refractivity contribution in [3.05, 3.63) is 31.0 Å². The van der Waals surface area contributed by atoms with Crippen LogP contribution in [0.25, 0.3) is 5.82 Å². The molecule has 1 atom stereocenters. The molecule has 0 bridgehead atoms. The van der Waals surface area contributed by atoms with Gasteiger partial charge in [-0.1, -0.05) is 0 Å². The van der Waals surface area contributed by atoms with Crippen LogP contribution in [0.2, 0.25) is 0 Å². The lowest BCUT2D eigenvalue weighted by Gasteiger charge is -2.00. The maximum absolute atomic E-state index is 11.1. The van der Waals surface area contributed by atoms with Crippen molar-refractivity contribution in [3.8, 4) is 5.82 Å². The molecule has 0 aliphatic heterocycles. The van der Waals surface area contributed by atoms with Crippen LogP contribution in [0.3, 0.4) is 0 Å². The van der Waals surface area contributed by atoms with Gasteiger partial charge >= 0.3 is 0 Å². The third-order valence-corrected chi connectivity index (χ3v) is 2.36. The second kappa shape index (κ2) is 3.67. The third kappa shape index (κ3) is 1.69. The molecule has 0 spiro atoms. The van der Waals surface area contributed by atoms with Crippen molar-refractivity contribution >= 4 is 10.8 Å². The van der Waals surface area contributed by atoms with Crippen molar-refractivity contribution < 1.29 is 4.21 Å². The molecule has 2 aromatic heterocycles. The Hall–Kier alpha value is -1.56. The summed E-state index contributed by atoms with van der Waals surface area (Å²) in [7, 11) is -1.16. The molecule has 72 valence electrons. The van der Waals surface area contributed by atoms with Crippen molar-refractivity contribution in [1.82, 2.24) is 19.5 Å². The van der Waals surface area contributed by atoms with Crippen LogP contribution in [0, 0.1) is 0 Å². The fourth-order valence-electron chi connectivity index (χ4n) is 1.01. The minimum Gasteiger partial charge on any atom is -0.290 e. The van der Waals surface area contributed by atoms with Crippen molar-refractivity contribution in [2.45, 2.75) is 5.16 Å². The van der Waals surface area contributed by atoms with E-state index in [4.69, 9.17) is 0 Å². The predicted octanol–water partition coefficient (Wildman–Crippen LogP) is 0.400. The number of hydrogen-bond acceptors (Lipinski definition) is 4. The molecule has 2 rings (SSSR count). The van der Waals surface area contributed by atoms with Gasteiger partial charge in [-0.25, -0.2) is 15.0 Å². The maximum Gasteiger partial charge on any atom is 0.220 e. The Balaban J connectivity index is 2.46. The van der Waals surface area contributed by atoms with Gasteiger partial charge in [0.05, 0.1) is 10.8 Å². The summed E-state index contributed by atoms with van der Waals surface area (Å²) < 4.78 is 12.9. The van der Waals surface area contributed by atoms with Gasteiger partial charge in [-0.05, 0) is 6.07 Å². The number of nitrogens with zero attached hydrogens (tertiary/aromatic N) is 4. The zero-order chi connectivity index (χ0) is 9.97. The summed E-state index contributed by atoms with van der Waals surface area (Å²) in [5.74, 6) is 0.669. The van der Waals surface area contributed by atoms with Crippen LogP contribution in [-0.4, -0.2) is 30.0 Å². The molecule has 0 amide bonds. The molecular weight excluding hydrogens is 200 g/mol. The minimum absolute atomic E-state index is 0.330. The number of aromatic nitrogens is 4. The van der Waals surface area contributed by atoms with E-state index >= 15 is 0 Å². The smallest absolute Gasteiger partial charge is 0.220 e. The van der Waals surface area contributed by atoms with E-state index in [1.165, 1.54) is 0 Å². The van der Waals surface area contributed by atoms with Gasteiger partial charge in [0.1, 0.15) is 12.1 Å². The molecule has 0 N–H and O–H groups in total. The zero-order valence-corrected chi connectivity index (χ0v) is 8.31. The molecule has 14 heavy (non-hydrogen) atoms. The average Bonchev–Trinajstić information content (AvgIpc) is 2.71. The highest BCUT2D eigenvalue weighted by atomic mass is 32.2. The normalized spacial score (nSPS) is 12.6. The Morgan fingerprint density at radius 1 is 1.43 bits per heavy atom. The molecule has 0 fully saturated rings. The molecule has 5 nitrogen and oxygen atoms in total. The van der Waals surface area contributed by atoms with Crippen molar-refractivity contribution in [1.29, 1.82) is 0 Å². The van der Waals surface area contributed by atoms with Gasteiger partial charge in [0.2, 0.25) is 5.16 Å². The van der Waals surface area contributed by atoms with Gasteiger partial charge in [-0.15, -0.1) is 0 Å². The van der Waals surface area contributed by atoms with E-state index in [2.05, 4.69) is 15.0 Å². The molecule has 0 aliphatic rings. The standard InChI is InChI=1S/C8H8N4OS/c1-14(13)8-10-3-2-7(11-8)12-5-4-9-6-12/h2-6H,1H3. The van der Waals surface area contributed by atoms with Crippen molar-refractivity contribution in [3.63, 3.8) is 0 Å². The van der Waals surface area contributed by atoms with E-state index in [-0.39, 0.29) is 0 Å². The second-order valence-electron chi connectivity index (χ2n) is 2.62. The van der Waals surface area contributed by atoms with E-state index in [1.54, 1.807) is 41.8 Å². The van der Waals surface area contributed by atoms with Crippen LogP contribution in [0.5, 0.6) is 0 Å².